The molecule has 0 saturated carbocycles. The Morgan fingerprint density at radius 2 is 1.71 bits per heavy atom. The highest BCUT2D eigenvalue weighted by molar-refractivity contribution is 5.97. The van der Waals surface area contributed by atoms with Crippen LogP contribution in [0.4, 0.5) is 0 Å². The summed E-state index contributed by atoms with van der Waals surface area (Å²) < 4.78 is 0. The lowest BCUT2D eigenvalue weighted by molar-refractivity contribution is 0.0696. The molecule has 1 aromatic carbocycles. The normalized spacial score (nSPS) is 10.4. The van der Waals surface area contributed by atoms with E-state index in [2.05, 4.69) is 0 Å². The summed E-state index contributed by atoms with van der Waals surface area (Å²) in [7, 11) is 1.70. The van der Waals surface area contributed by atoms with Crippen molar-refractivity contribution in [2.75, 3.05) is 7.05 Å². The zero-order valence-electron chi connectivity index (χ0n) is 10.5. The predicted octanol–water partition coefficient (Wildman–Crippen LogP) is 2.17. The number of carboxylic acid groups (broad SMARTS) is 1. The Morgan fingerprint density at radius 1 is 1.18 bits per heavy atom. The molecule has 0 spiro atoms. The lowest BCUT2D eigenvalue weighted by Crippen LogP contribution is -2.33. The molecular weight excluding hydrogens is 218 g/mol. The molecule has 0 heterocycles. The summed E-state index contributed by atoms with van der Waals surface area (Å²) >= 11 is 0. The molecule has 0 aliphatic rings. The number of carbonyl (C=O) groups excluding carboxylic acids is 1. The largest absolute Gasteiger partial charge is 0.478 e. The van der Waals surface area contributed by atoms with Crippen LogP contribution in [0.15, 0.2) is 18.2 Å². The van der Waals surface area contributed by atoms with Crippen molar-refractivity contribution in [3.63, 3.8) is 0 Å². The number of carboxylic acids is 1. The number of benzene rings is 1. The second-order valence-electron chi connectivity index (χ2n) is 4.40. The molecule has 1 aromatic rings. The van der Waals surface area contributed by atoms with Crippen LogP contribution in [0, 0.1) is 6.92 Å². The Bertz CT molecular complexity index is 452. The Hall–Kier alpha value is -1.84. The minimum Gasteiger partial charge on any atom is -0.478 e. The molecule has 0 unspecified atom stereocenters. The maximum Gasteiger partial charge on any atom is 0.335 e. The molecule has 4 nitrogen and oxygen atoms in total. The second-order valence-corrected chi connectivity index (χ2v) is 4.40. The van der Waals surface area contributed by atoms with Crippen LogP contribution in [0.3, 0.4) is 0 Å². The second kappa shape index (κ2) is 4.99. The van der Waals surface area contributed by atoms with Crippen LogP contribution in [0.1, 0.15) is 40.1 Å². The fourth-order valence-electron chi connectivity index (χ4n) is 1.47. The van der Waals surface area contributed by atoms with E-state index < -0.39 is 5.97 Å². The number of amides is 1. The lowest BCUT2D eigenvalue weighted by atomic mass is 10.1. The molecule has 0 bridgehead atoms. The van der Waals surface area contributed by atoms with Crippen LogP contribution < -0.4 is 0 Å². The molecular formula is C13H17NO3. The lowest BCUT2D eigenvalue weighted by Gasteiger charge is -2.21. The molecule has 0 aromatic heterocycles. The zero-order valence-corrected chi connectivity index (χ0v) is 10.5. The van der Waals surface area contributed by atoms with Crippen LogP contribution >= 0.6 is 0 Å². The highest BCUT2D eigenvalue weighted by Gasteiger charge is 2.16. The van der Waals surface area contributed by atoms with Crippen molar-refractivity contribution in [2.45, 2.75) is 26.8 Å². The van der Waals surface area contributed by atoms with Gasteiger partial charge in [-0.15, -0.1) is 0 Å². The van der Waals surface area contributed by atoms with Crippen LogP contribution in [0.2, 0.25) is 0 Å². The Morgan fingerprint density at radius 3 is 2.18 bits per heavy atom. The van der Waals surface area contributed by atoms with E-state index in [4.69, 9.17) is 5.11 Å². The first-order valence-electron chi connectivity index (χ1n) is 5.45. The third-order valence-corrected chi connectivity index (χ3v) is 2.67. The van der Waals surface area contributed by atoms with Crippen molar-refractivity contribution in [1.82, 2.24) is 4.90 Å². The van der Waals surface area contributed by atoms with Crippen molar-refractivity contribution < 1.29 is 14.7 Å². The number of aromatic carboxylic acids is 1. The topological polar surface area (TPSA) is 57.6 Å². The summed E-state index contributed by atoms with van der Waals surface area (Å²) in [6.45, 7) is 5.59. The van der Waals surface area contributed by atoms with E-state index in [1.165, 1.54) is 6.07 Å². The monoisotopic (exact) mass is 235 g/mol. The zero-order chi connectivity index (χ0) is 13.2. The van der Waals surface area contributed by atoms with Gasteiger partial charge in [0.1, 0.15) is 0 Å². The minimum absolute atomic E-state index is 0.0799. The first kappa shape index (κ1) is 13.2. The maximum absolute atomic E-state index is 12.0. The number of aryl methyl sites for hydroxylation is 1. The van der Waals surface area contributed by atoms with Crippen LogP contribution in [-0.2, 0) is 0 Å². The van der Waals surface area contributed by atoms with Crippen molar-refractivity contribution in [3.8, 4) is 0 Å². The number of hydrogen-bond acceptors (Lipinski definition) is 2. The fraction of sp³-hybridized carbons (Fsp3) is 0.385. The van der Waals surface area contributed by atoms with Gasteiger partial charge < -0.3 is 10.0 Å². The minimum atomic E-state index is -1.02. The van der Waals surface area contributed by atoms with Gasteiger partial charge in [0.2, 0.25) is 0 Å². The molecule has 1 rings (SSSR count). The summed E-state index contributed by atoms with van der Waals surface area (Å²) in [5.74, 6) is -1.18. The molecule has 1 amide bonds. The standard InChI is InChI=1S/C13H17NO3/c1-8(2)14(4)12(15)10-5-9(3)6-11(7-10)13(16)17/h5-8H,1-4H3,(H,16,17). The maximum atomic E-state index is 12.0. The smallest absolute Gasteiger partial charge is 0.335 e. The van der Waals surface area contributed by atoms with Gasteiger partial charge in [0.25, 0.3) is 5.91 Å². The van der Waals surface area contributed by atoms with Crippen molar-refractivity contribution in [3.05, 3.63) is 34.9 Å². The van der Waals surface area contributed by atoms with E-state index in [0.29, 0.717) is 5.56 Å². The average molecular weight is 235 g/mol. The molecule has 1 N–H and O–H groups in total. The molecule has 0 atom stereocenters. The van der Waals surface area contributed by atoms with E-state index in [-0.39, 0.29) is 17.5 Å². The molecule has 0 aliphatic carbocycles. The van der Waals surface area contributed by atoms with Gasteiger partial charge >= 0.3 is 5.97 Å². The number of nitrogens with zero attached hydrogens (tertiary/aromatic N) is 1. The van der Waals surface area contributed by atoms with Crippen molar-refractivity contribution in [1.29, 1.82) is 0 Å². The third-order valence-electron chi connectivity index (χ3n) is 2.67. The fourth-order valence-corrected chi connectivity index (χ4v) is 1.47. The summed E-state index contributed by atoms with van der Waals surface area (Å²) in [5, 5.41) is 8.94. The molecule has 0 radical (unpaired) electrons. The van der Waals surface area contributed by atoms with Gasteiger partial charge in [0, 0.05) is 18.7 Å². The molecule has 0 saturated heterocycles. The van der Waals surface area contributed by atoms with Gasteiger partial charge in [-0.1, -0.05) is 0 Å². The van der Waals surface area contributed by atoms with Crippen LogP contribution in [0.5, 0.6) is 0 Å². The summed E-state index contributed by atoms with van der Waals surface area (Å²) in [6.07, 6.45) is 0. The van der Waals surface area contributed by atoms with E-state index >= 15 is 0 Å². The highest BCUT2D eigenvalue weighted by Crippen LogP contribution is 2.13. The van der Waals surface area contributed by atoms with E-state index in [1.807, 2.05) is 13.8 Å². The number of hydrogen-bond donors (Lipinski definition) is 1. The quantitative estimate of drug-likeness (QED) is 0.873. The van der Waals surface area contributed by atoms with Gasteiger partial charge in [-0.2, -0.15) is 0 Å². The molecule has 0 fully saturated rings. The number of carbonyl (C=O) groups is 2. The average Bonchev–Trinajstić information content (AvgIpc) is 2.25. The van der Waals surface area contributed by atoms with Gasteiger partial charge in [0.15, 0.2) is 0 Å². The first-order chi connectivity index (χ1) is 7.82. The first-order valence-corrected chi connectivity index (χ1v) is 5.45. The van der Waals surface area contributed by atoms with Crippen LogP contribution in [-0.4, -0.2) is 35.0 Å². The third kappa shape index (κ3) is 3.06. The van der Waals surface area contributed by atoms with Gasteiger partial charge in [0.05, 0.1) is 5.56 Å². The Kier molecular flexibility index (Phi) is 3.89. The van der Waals surface area contributed by atoms with E-state index in [9.17, 15) is 9.59 Å². The SMILES string of the molecule is Cc1cc(C(=O)O)cc(C(=O)N(C)C(C)C)c1. The van der Waals surface area contributed by atoms with Crippen molar-refractivity contribution >= 4 is 11.9 Å². The Balaban J connectivity index is 3.14. The van der Waals surface area contributed by atoms with Crippen LogP contribution in [0.25, 0.3) is 0 Å². The van der Waals surface area contributed by atoms with Gasteiger partial charge in [-0.05, 0) is 44.5 Å². The predicted molar refractivity (Wildman–Crippen MR) is 65.4 cm³/mol. The molecule has 92 valence electrons. The molecule has 0 aliphatic heterocycles. The van der Waals surface area contributed by atoms with E-state index in [1.54, 1.807) is 31.0 Å². The van der Waals surface area contributed by atoms with E-state index in [0.717, 1.165) is 5.56 Å². The summed E-state index contributed by atoms with van der Waals surface area (Å²) in [5.41, 5.74) is 1.33. The van der Waals surface area contributed by atoms with Crippen molar-refractivity contribution in [2.24, 2.45) is 0 Å². The molecule has 4 heteroatoms. The van der Waals surface area contributed by atoms with Gasteiger partial charge in [-0.25, -0.2) is 4.79 Å². The summed E-state index contributed by atoms with van der Waals surface area (Å²) in [4.78, 5) is 24.5. The summed E-state index contributed by atoms with van der Waals surface area (Å²) in [6, 6.07) is 4.75. The van der Waals surface area contributed by atoms with Gasteiger partial charge in [-0.3, -0.25) is 4.79 Å². The highest BCUT2D eigenvalue weighted by atomic mass is 16.4. The number of rotatable bonds is 3. The Labute approximate surface area is 101 Å². The molecule has 17 heavy (non-hydrogen) atoms.